The van der Waals surface area contributed by atoms with Gasteiger partial charge in [-0.25, -0.2) is 0 Å². The average Bonchev–Trinajstić information content (AvgIpc) is 2.39. The van der Waals surface area contributed by atoms with Crippen molar-refractivity contribution < 1.29 is 4.79 Å². The molecule has 3 nitrogen and oxygen atoms in total. The Hall–Kier alpha value is -1.06. The second-order valence-electron chi connectivity index (χ2n) is 5.17. The van der Waals surface area contributed by atoms with Gasteiger partial charge >= 0.3 is 0 Å². The lowest BCUT2D eigenvalue weighted by molar-refractivity contribution is -0.135. The molecular weight excluding hydrogens is 260 g/mol. The van der Waals surface area contributed by atoms with Crippen LogP contribution in [0.25, 0.3) is 0 Å². The summed E-state index contributed by atoms with van der Waals surface area (Å²) in [6, 6.07) is 9.91. The first-order chi connectivity index (χ1) is 8.68. The lowest BCUT2D eigenvalue weighted by Gasteiger charge is -2.35. The highest BCUT2D eigenvalue weighted by Crippen LogP contribution is 2.17. The molecule has 1 aromatic rings. The first kappa shape index (κ1) is 16.0. The van der Waals surface area contributed by atoms with Crippen molar-refractivity contribution in [3.8, 4) is 0 Å². The molecule has 1 aliphatic rings. The van der Waals surface area contributed by atoms with Crippen LogP contribution < -0.4 is 5.73 Å². The van der Waals surface area contributed by atoms with Crippen molar-refractivity contribution in [3.63, 3.8) is 0 Å². The Kier molecular flexibility index (Phi) is 6.32. The summed E-state index contributed by atoms with van der Waals surface area (Å²) in [7, 11) is 0. The van der Waals surface area contributed by atoms with Crippen LogP contribution in [0.5, 0.6) is 0 Å². The van der Waals surface area contributed by atoms with Crippen LogP contribution in [0.4, 0.5) is 0 Å². The van der Waals surface area contributed by atoms with E-state index in [1.54, 1.807) is 0 Å². The molecule has 0 bridgehead atoms. The smallest absolute Gasteiger partial charge is 0.240 e. The van der Waals surface area contributed by atoms with E-state index >= 15 is 0 Å². The minimum atomic E-state index is -0.409. The molecule has 1 aliphatic heterocycles. The number of halogens is 1. The second-order valence-corrected chi connectivity index (χ2v) is 5.17. The molecule has 1 amide bonds. The summed E-state index contributed by atoms with van der Waals surface area (Å²) in [5.74, 6) is 0.103. The van der Waals surface area contributed by atoms with Crippen molar-refractivity contribution >= 4 is 18.3 Å². The molecule has 1 saturated heterocycles. The fourth-order valence-corrected chi connectivity index (χ4v) is 2.59. The molecule has 0 radical (unpaired) electrons. The predicted octanol–water partition coefficient (Wildman–Crippen LogP) is 2.38. The Labute approximate surface area is 121 Å². The highest BCUT2D eigenvalue weighted by molar-refractivity contribution is 5.85. The summed E-state index contributed by atoms with van der Waals surface area (Å²) in [6.07, 6.45) is 4.06. The molecule has 0 saturated carbocycles. The third-order valence-electron chi connectivity index (χ3n) is 3.70. The largest absolute Gasteiger partial charge is 0.339 e. The van der Waals surface area contributed by atoms with Crippen molar-refractivity contribution in [2.24, 2.45) is 5.73 Å². The van der Waals surface area contributed by atoms with Crippen LogP contribution in [0.1, 0.15) is 31.7 Å². The molecule has 4 heteroatoms. The van der Waals surface area contributed by atoms with E-state index in [0.29, 0.717) is 12.5 Å². The summed E-state index contributed by atoms with van der Waals surface area (Å²) in [5.41, 5.74) is 7.18. The van der Waals surface area contributed by atoms with Gasteiger partial charge in [-0.05, 0) is 38.2 Å². The maximum absolute atomic E-state index is 12.3. The fourth-order valence-electron chi connectivity index (χ4n) is 2.59. The van der Waals surface area contributed by atoms with Crippen LogP contribution in [0.15, 0.2) is 30.3 Å². The molecule has 2 rings (SSSR count). The van der Waals surface area contributed by atoms with E-state index in [9.17, 15) is 4.79 Å². The average molecular weight is 283 g/mol. The maximum Gasteiger partial charge on any atom is 0.240 e. The van der Waals surface area contributed by atoms with Crippen LogP contribution in [0.2, 0.25) is 0 Å². The van der Waals surface area contributed by atoms with Crippen molar-refractivity contribution in [2.45, 2.75) is 44.7 Å². The van der Waals surface area contributed by atoms with Gasteiger partial charge < -0.3 is 10.6 Å². The van der Waals surface area contributed by atoms with Crippen molar-refractivity contribution in [2.75, 3.05) is 6.54 Å². The first-order valence-electron chi connectivity index (χ1n) is 6.78. The number of carbonyl (C=O) groups excluding carboxylic acids is 1. The molecule has 1 heterocycles. The van der Waals surface area contributed by atoms with E-state index < -0.39 is 6.04 Å². The molecule has 2 unspecified atom stereocenters. The Morgan fingerprint density at radius 1 is 1.37 bits per heavy atom. The van der Waals surface area contributed by atoms with Crippen molar-refractivity contribution in [3.05, 3.63) is 35.9 Å². The Balaban J connectivity index is 0.00000180. The minimum absolute atomic E-state index is 0. The van der Waals surface area contributed by atoms with Gasteiger partial charge in [0, 0.05) is 12.6 Å². The third-order valence-corrected chi connectivity index (χ3v) is 3.70. The number of nitrogens with zero attached hydrogens (tertiary/aromatic N) is 1. The van der Waals surface area contributed by atoms with E-state index in [-0.39, 0.29) is 18.3 Å². The zero-order chi connectivity index (χ0) is 13.0. The molecule has 0 aromatic heterocycles. The molecule has 0 spiro atoms. The van der Waals surface area contributed by atoms with Crippen LogP contribution in [-0.4, -0.2) is 29.4 Å². The standard InChI is InChI=1S/C15H22N2O.ClH/c1-12-7-5-6-10-17(12)15(18)14(16)11-13-8-3-2-4-9-13;/h2-4,8-9,12,14H,5-7,10-11,16H2,1H3;1H. The number of hydrogen-bond donors (Lipinski definition) is 1. The number of likely N-dealkylation sites (tertiary alicyclic amines) is 1. The van der Waals surface area contributed by atoms with Gasteiger partial charge in [-0.2, -0.15) is 0 Å². The van der Waals surface area contributed by atoms with E-state index in [2.05, 4.69) is 6.92 Å². The van der Waals surface area contributed by atoms with Crippen molar-refractivity contribution in [1.82, 2.24) is 4.90 Å². The summed E-state index contributed by atoms with van der Waals surface area (Å²) in [6.45, 7) is 2.98. The third kappa shape index (κ3) is 4.22. The van der Waals surface area contributed by atoms with Gasteiger partial charge in [-0.15, -0.1) is 12.4 Å². The SMILES string of the molecule is CC1CCCCN1C(=O)C(N)Cc1ccccc1.Cl. The zero-order valence-corrected chi connectivity index (χ0v) is 12.2. The van der Waals surface area contributed by atoms with Crippen LogP contribution in [0.3, 0.4) is 0 Å². The topological polar surface area (TPSA) is 46.3 Å². The fraction of sp³-hybridized carbons (Fsp3) is 0.533. The van der Waals surface area contributed by atoms with Gasteiger partial charge in [0.1, 0.15) is 0 Å². The van der Waals surface area contributed by atoms with E-state index in [1.807, 2.05) is 35.2 Å². The highest BCUT2D eigenvalue weighted by atomic mass is 35.5. The first-order valence-corrected chi connectivity index (χ1v) is 6.78. The minimum Gasteiger partial charge on any atom is -0.339 e. The number of piperidine rings is 1. The molecule has 1 fully saturated rings. The van der Waals surface area contributed by atoms with Gasteiger partial charge in [0.2, 0.25) is 5.91 Å². The predicted molar refractivity (Wildman–Crippen MR) is 80.4 cm³/mol. The van der Waals surface area contributed by atoms with E-state index in [1.165, 1.54) is 6.42 Å². The molecule has 106 valence electrons. The van der Waals surface area contributed by atoms with Crippen LogP contribution in [-0.2, 0) is 11.2 Å². The number of hydrogen-bond acceptors (Lipinski definition) is 2. The van der Waals surface area contributed by atoms with Crippen LogP contribution in [0, 0.1) is 0 Å². The molecule has 2 atom stereocenters. The second kappa shape index (κ2) is 7.51. The van der Waals surface area contributed by atoms with E-state index in [0.717, 1.165) is 24.9 Å². The number of carbonyl (C=O) groups is 1. The van der Waals surface area contributed by atoms with Gasteiger partial charge in [-0.1, -0.05) is 30.3 Å². The monoisotopic (exact) mass is 282 g/mol. The van der Waals surface area contributed by atoms with Crippen molar-refractivity contribution in [1.29, 1.82) is 0 Å². The number of amides is 1. The van der Waals surface area contributed by atoms with Crippen LogP contribution >= 0.6 is 12.4 Å². The van der Waals surface area contributed by atoms with Gasteiger partial charge in [0.25, 0.3) is 0 Å². The Morgan fingerprint density at radius 2 is 2.05 bits per heavy atom. The quantitative estimate of drug-likeness (QED) is 0.925. The number of benzene rings is 1. The number of rotatable bonds is 3. The molecule has 1 aromatic carbocycles. The lowest BCUT2D eigenvalue weighted by Crippen LogP contribution is -2.50. The molecule has 19 heavy (non-hydrogen) atoms. The summed E-state index contributed by atoms with van der Waals surface area (Å²) < 4.78 is 0. The lowest BCUT2D eigenvalue weighted by atomic mass is 10.0. The normalized spacial score (nSPS) is 20.5. The van der Waals surface area contributed by atoms with Gasteiger partial charge in [-0.3, -0.25) is 4.79 Å². The van der Waals surface area contributed by atoms with Gasteiger partial charge in [0.15, 0.2) is 0 Å². The summed E-state index contributed by atoms with van der Waals surface area (Å²) in [5, 5.41) is 0. The number of nitrogens with two attached hydrogens (primary N) is 1. The highest BCUT2D eigenvalue weighted by Gasteiger charge is 2.27. The maximum atomic E-state index is 12.3. The molecule has 2 N–H and O–H groups in total. The van der Waals surface area contributed by atoms with Gasteiger partial charge in [0.05, 0.1) is 6.04 Å². The summed E-state index contributed by atoms with van der Waals surface area (Å²) >= 11 is 0. The van der Waals surface area contributed by atoms with E-state index in [4.69, 9.17) is 5.73 Å². The Bertz CT molecular complexity index is 396. The molecule has 0 aliphatic carbocycles. The molecular formula is C15H23ClN2O. The zero-order valence-electron chi connectivity index (χ0n) is 11.4. The summed E-state index contributed by atoms with van der Waals surface area (Å²) in [4.78, 5) is 14.3. The Morgan fingerprint density at radius 3 is 2.68 bits per heavy atom.